The summed E-state index contributed by atoms with van der Waals surface area (Å²) in [5.41, 5.74) is 2.01. The maximum Gasteiger partial charge on any atom is 0.153 e. The minimum atomic E-state index is 0.0159. The summed E-state index contributed by atoms with van der Waals surface area (Å²) >= 11 is 1.39. The van der Waals surface area contributed by atoms with Gasteiger partial charge in [0.25, 0.3) is 0 Å². The SMILES string of the molecule is O=Cc1ccc2nc(-c3ccccc3)sc2c1O. The predicted octanol–water partition coefficient (Wildman–Crippen LogP) is 3.48. The smallest absolute Gasteiger partial charge is 0.153 e. The number of phenolic OH excluding ortho intramolecular Hbond substituents is 1. The van der Waals surface area contributed by atoms with Gasteiger partial charge in [0, 0.05) is 5.56 Å². The van der Waals surface area contributed by atoms with Crippen molar-refractivity contribution < 1.29 is 9.90 Å². The lowest BCUT2D eigenvalue weighted by molar-refractivity contribution is 0.112. The molecule has 0 radical (unpaired) electrons. The van der Waals surface area contributed by atoms with Crippen LogP contribution < -0.4 is 0 Å². The normalized spacial score (nSPS) is 10.7. The molecule has 0 aliphatic carbocycles. The van der Waals surface area contributed by atoms with Crippen LogP contribution in [0.1, 0.15) is 10.4 Å². The number of aromatic nitrogens is 1. The minimum absolute atomic E-state index is 0.0159. The van der Waals surface area contributed by atoms with E-state index in [-0.39, 0.29) is 5.75 Å². The molecular formula is C14H9NO2S. The third-order valence-electron chi connectivity index (χ3n) is 2.71. The molecule has 3 aromatic rings. The zero-order valence-electron chi connectivity index (χ0n) is 9.33. The monoisotopic (exact) mass is 255 g/mol. The van der Waals surface area contributed by atoms with Crippen molar-refractivity contribution in [3.8, 4) is 16.3 Å². The second-order valence-electron chi connectivity index (χ2n) is 3.85. The summed E-state index contributed by atoms with van der Waals surface area (Å²) in [6, 6.07) is 13.1. The van der Waals surface area contributed by atoms with Crippen LogP contribution in [0.15, 0.2) is 42.5 Å². The summed E-state index contributed by atoms with van der Waals surface area (Å²) in [5.74, 6) is 0.0159. The van der Waals surface area contributed by atoms with E-state index in [9.17, 15) is 9.90 Å². The fraction of sp³-hybridized carbons (Fsp3) is 0. The summed E-state index contributed by atoms with van der Waals surface area (Å²) in [6.45, 7) is 0. The van der Waals surface area contributed by atoms with Crippen LogP contribution in [0.5, 0.6) is 5.75 Å². The highest BCUT2D eigenvalue weighted by atomic mass is 32.1. The number of rotatable bonds is 2. The van der Waals surface area contributed by atoms with Crippen LogP contribution in [0.4, 0.5) is 0 Å². The van der Waals surface area contributed by atoms with Crippen molar-refractivity contribution in [1.82, 2.24) is 4.98 Å². The molecule has 0 unspecified atom stereocenters. The van der Waals surface area contributed by atoms with Crippen molar-refractivity contribution in [2.24, 2.45) is 0 Å². The molecule has 0 fully saturated rings. The highest BCUT2D eigenvalue weighted by Gasteiger charge is 2.12. The lowest BCUT2D eigenvalue weighted by atomic mass is 10.2. The van der Waals surface area contributed by atoms with Crippen LogP contribution in [-0.4, -0.2) is 16.4 Å². The van der Waals surface area contributed by atoms with Gasteiger partial charge in [0.05, 0.1) is 15.8 Å². The number of carbonyl (C=O) groups excluding carboxylic acids is 1. The van der Waals surface area contributed by atoms with Gasteiger partial charge in [-0.1, -0.05) is 30.3 Å². The summed E-state index contributed by atoms with van der Waals surface area (Å²) in [4.78, 5) is 15.2. The highest BCUT2D eigenvalue weighted by Crippen LogP contribution is 2.36. The summed E-state index contributed by atoms with van der Waals surface area (Å²) in [6.07, 6.45) is 0.649. The standard InChI is InChI=1S/C14H9NO2S/c16-8-10-6-7-11-13(12(10)17)18-14(15-11)9-4-2-1-3-5-9/h1-8,17H. The number of carbonyl (C=O) groups is 1. The molecule has 0 saturated carbocycles. The quantitative estimate of drug-likeness (QED) is 0.713. The molecule has 0 bridgehead atoms. The molecule has 3 rings (SSSR count). The summed E-state index contributed by atoms with van der Waals surface area (Å²) in [5, 5.41) is 10.8. The Bertz CT molecular complexity index is 719. The number of fused-ring (bicyclic) bond motifs is 1. The molecule has 4 heteroatoms. The van der Waals surface area contributed by atoms with Crippen molar-refractivity contribution in [3.05, 3.63) is 48.0 Å². The van der Waals surface area contributed by atoms with Gasteiger partial charge < -0.3 is 5.11 Å². The van der Waals surface area contributed by atoms with Crippen LogP contribution in [0.2, 0.25) is 0 Å². The third-order valence-corrected chi connectivity index (χ3v) is 3.84. The number of aromatic hydroxyl groups is 1. The van der Waals surface area contributed by atoms with E-state index in [0.29, 0.717) is 22.1 Å². The molecule has 0 saturated heterocycles. The van der Waals surface area contributed by atoms with E-state index < -0.39 is 0 Å². The Kier molecular flexibility index (Phi) is 2.57. The average molecular weight is 255 g/mol. The summed E-state index contributed by atoms with van der Waals surface area (Å²) < 4.78 is 0.651. The van der Waals surface area contributed by atoms with E-state index in [1.807, 2.05) is 30.3 Å². The number of phenols is 1. The zero-order valence-corrected chi connectivity index (χ0v) is 10.1. The molecule has 0 atom stereocenters. The Morgan fingerprint density at radius 1 is 1.11 bits per heavy atom. The second-order valence-corrected chi connectivity index (χ2v) is 4.85. The number of nitrogens with zero attached hydrogens (tertiary/aromatic N) is 1. The van der Waals surface area contributed by atoms with Gasteiger partial charge in [-0.25, -0.2) is 4.98 Å². The topological polar surface area (TPSA) is 50.2 Å². The molecule has 0 amide bonds. The highest BCUT2D eigenvalue weighted by molar-refractivity contribution is 7.22. The molecule has 1 heterocycles. The van der Waals surface area contributed by atoms with Gasteiger partial charge >= 0.3 is 0 Å². The first-order valence-electron chi connectivity index (χ1n) is 5.42. The van der Waals surface area contributed by atoms with E-state index in [1.165, 1.54) is 11.3 Å². The number of thiazole rings is 1. The molecule has 3 nitrogen and oxygen atoms in total. The number of hydrogen-bond donors (Lipinski definition) is 1. The van der Waals surface area contributed by atoms with Gasteiger partial charge in [-0.2, -0.15) is 0 Å². The van der Waals surface area contributed by atoms with E-state index in [2.05, 4.69) is 4.98 Å². The van der Waals surface area contributed by atoms with Crippen molar-refractivity contribution in [2.45, 2.75) is 0 Å². The predicted molar refractivity (Wildman–Crippen MR) is 72.1 cm³/mol. The van der Waals surface area contributed by atoms with Gasteiger partial charge in [0.1, 0.15) is 10.8 Å². The van der Waals surface area contributed by atoms with Crippen molar-refractivity contribution >= 4 is 27.8 Å². The second kappa shape index (κ2) is 4.23. The first kappa shape index (κ1) is 10.9. The van der Waals surface area contributed by atoms with Crippen molar-refractivity contribution in [2.75, 3.05) is 0 Å². The van der Waals surface area contributed by atoms with E-state index in [4.69, 9.17) is 0 Å². The minimum Gasteiger partial charge on any atom is -0.506 e. The molecular weight excluding hydrogens is 246 g/mol. The van der Waals surface area contributed by atoms with Crippen molar-refractivity contribution in [3.63, 3.8) is 0 Å². The fourth-order valence-electron chi connectivity index (χ4n) is 1.79. The molecule has 0 aliphatic heterocycles. The van der Waals surface area contributed by atoms with Crippen LogP contribution in [-0.2, 0) is 0 Å². The number of benzene rings is 2. The van der Waals surface area contributed by atoms with Crippen LogP contribution in [0.25, 0.3) is 20.8 Å². The van der Waals surface area contributed by atoms with Gasteiger partial charge in [-0.3, -0.25) is 4.79 Å². The van der Waals surface area contributed by atoms with E-state index >= 15 is 0 Å². The van der Waals surface area contributed by atoms with Crippen molar-refractivity contribution in [1.29, 1.82) is 0 Å². The molecule has 18 heavy (non-hydrogen) atoms. The lowest BCUT2D eigenvalue weighted by Gasteiger charge is -1.95. The number of hydrogen-bond acceptors (Lipinski definition) is 4. The van der Waals surface area contributed by atoms with Gasteiger partial charge in [-0.05, 0) is 12.1 Å². The molecule has 1 aromatic heterocycles. The van der Waals surface area contributed by atoms with Crippen LogP contribution in [0.3, 0.4) is 0 Å². The van der Waals surface area contributed by atoms with E-state index in [1.54, 1.807) is 12.1 Å². The Morgan fingerprint density at radius 2 is 1.89 bits per heavy atom. The Balaban J connectivity index is 2.23. The molecule has 2 aromatic carbocycles. The number of aldehydes is 1. The summed E-state index contributed by atoms with van der Waals surface area (Å²) in [7, 11) is 0. The van der Waals surface area contributed by atoms with Crippen LogP contribution in [0, 0.1) is 0 Å². The Labute approximate surface area is 107 Å². The third kappa shape index (κ3) is 1.67. The average Bonchev–Trinajstić information content (AvgIpc) is 2.85. The maximum atomic E-state index is 10.8. The molecule has 1 N–H and O–H groups in total. The first-order chi connectivity index (χ1) is 8.79. The Morgan fingerprint density at radius 3 is 2.61 bits per heavy atom. The lowest BCUT2D eigenvalue weighted by Crippen LogP contribution is -1.80. The fourth-order valence-corrected chi connectivity index (χ4v) is 2.82. The molecule has 88 valence electrons. The van der Waals surface area contributed by atoms with Gasteiger partial charge in [0.15, 0.2) is 6.29 Å². The zero-order chi connectivity index (χ0) is 12.5. The van der Waals surface area contributed by atoms with Gasteiger partial charge in [0.2, 0.25) is 0 Å². The largest absolute Gasteiger partial charge is 0.506 e. The first-order valence-corrected chi connectivity index (χ1v) is 6.24. The van der Waals surface area contributed by atoms with Gasteiger partial charge in [-0.15, -0.1) is 11.3 Å². The van der Waals surface area contributed by atoms with E-state index in [0.717, 1.165) is 10.6 Å². The molecule has 0 aliphatic rings. The maximum absolute atomic E-state index is 10.8. The van der Waals surface area contributed by atoms with Crippen LogP contribution >= 0.6 is 11.3 Å². The molecule has 0 spiro atoms. The Hall–Kier alpha value is -2.20.